The van der Waals surface area contributed by atoms with E-state index in [0.717, 1.165) is 5.56 Å². The van der Waals surface area contributed by atoms with E-state index in [0.29, 0.717) is 35.5 Å². The number of nitro groups is 1. The van der Waals surface area contributed by atoms with Gasteiger partial charge in [0.2, 0.25) is 0 Å². The van der Waals surface area contributed by atoms with E-state index >= 15 is 0 Å². The molecule has 0 amide bonds. The SMILES string of the molecule is O=c1c2ccccc2nc(C=Cc2ccc([N+](=O)[O-])o2)n1CCc1ccccc1. The number of aromatic nitrogens is 2. The molecule has 0 unspecified atom stereocenters. The van der Waals surface area contributed by atoms with Gasteiger partial charge in [0.25, 0.3) is 5.56 Å². The Morgan fingerprint density at radius 2 is 1.76 bits per heavy atom. The third-order valence-corrected chi connectivity index (χ3v) is 4.55. The molecule has 0 spiro atoms. The van der Waals surface area contributed by atoms with Crippen LogP contribution in [-0.4, -0.2) is 14.5 Å². The standard InChI is InChI=1S/C22H17N3O4/c26-22-18-8-4-5-9-19(18)23-20(12-10-17-11-13-21(29-17)25(27)28)24(22)15-14-16-6-2-1-3-7-16/h1-13H,14-15H2. The summed E-state index contributed by atoms with van der Waals surface area (Å²) >= 11 is 0. The zero-order valence-electron chi connectivity index (χ0n) is 15.4. The van der Waals surface area contributed by atoms with Gasteiger partial charge in [-0.15, -0.1) is 0 Å². The third kappa shape index (κ3) is 3.98. The van der Waals surface area contributed by atoms with Gasteiger partial charge in [0.1, 0.15) is 16.5 Å². The molecule has 0 saturated carbocycles. The van der Waals surface area contributed by atoms with Crippen molar-refractivity contribution in [1.29, 1.82) is 0 Å². The molecule has 2 heterocycles. The van der Waals surface area contributed by atoms with Crippen LogP contribution < -0.4 is 5.56 Å². The van der Waals surface area contributed by atoms with E-state index in [2.05, 4.69) is 4.98 Å². The lowest BCUT2D eigenvalue weighted by molar-refractivity contribution is -0.402. The summed E-state index contributed by atoms with van der Waals surface area (Å²) in [4.78, 5) is 27.8. The van der Waals surface area contributed by atoms with Crippen molar-refractivity contribution in [2.75, 3.05) is 0 Å². The van der Waals surface area contributed by atoms with Gasteiger partial charge in [0.05, 0.1) is 17.0 Å². The largest absolute Gasteiger partial charge is 0.433 e. The molecule has 0 bridgehead atoms. The highest BCUT2D eigenvalue weighted by Gasteiger charge is 2.12. The van der Waals surface area contributed by atoms with Gasteiger partial charge in [-0.2, -0.15) is 0 Å². The van der Waals surface area contributed by atoms with E-state index in [-0.39, 0.29) is 11.4 Å². The van der Waals surface area contributed by atoms with Crippen molar-refractivity contribution in [1.82, 2.24) is 9.55 Å². The van der Waals surface area contributed by atoms with Crippen LogP contribution in [0.4, 0.5) is 5.88 Å². The number of aryl methyl sites for hydroxylation is 1. The average molecular weight is 387 g/mol. The first kappa shape index (κ1) is 18.4. The first-order valence-corrected chi connectivity index (χ1v) is 9.07. The molecule has 4 rings (SSSR count). The van der Waals surface area contributed by atoms with Crippen molar-refractivity contribution < 1.29 is 9.34 Å². The number of para-hydroxylation sites is 1. The lowest BCUT2D eigenvalue weighted by Gasteiger charge is -2.11. The van der Waals surface area contributed by atoms with E-state index in [1.165, 1.54) is 12.1 Å². The molecular weight excluding hydrogens is 370 g/mol. The summed E-state index contributed by atoms with van der Waals surface area (Å²) < 4.78 is 6.77. The fourth-order valence-corrected chi connectivity index (χ4v) is 3.10. The first-order chi connectivity index (χ1) is 14.1. The summed E-state index contributed by atoms with van der Waals surface area (Å²) in [7, 11) is 0. The molecular formula is C22H17N3O4. The van der Waals surface area contributed by atoms with Crippen LogP contribution in [-0.2, 0) is 13.0 Å². The maximum atomic E-state index is 13.1. The second-order valence-corrected chi connectivity index (χ2v) is 6.45. The van der Waals surface area contributed by atoms with Gasteiger partial charge < -0.3 is 4.42 Å². The third-order valence-electron chi connectivity index (χ3n) is 4.55. The summed E-state index contributed by atoms with van der Waals surface area (Å²) in [6, 6.07) is 19.9. The zero-order chi connectivity index (χ0) is 20.2. The van der Waals surface area contributed by atoms with Gasteiger partial charge in [-0.3, -0.25) is 19.5 Å². The monoisotopic (exact) mass is 387 g/mol. The van der Waals surface area contributed by atoms with Crippen LogP contribution in [0.3, 0.4) is 0 Å². The van der Waals surface area contributed by atoms with Crippen LogP contribution in [0.2, 0.25) is 0 Å². The van der Waals surface area contributed by atoms with Crippen molar-refractivity contribution in [2.24, 2.45) is 0 Å². The van der Waals surface area contributed by atoms with Crippen LogP contribution in [0, 0.1) is 10.1 Å². The second kappa shape index (κ2) is 7.93. The molecule has 0 fully saturated rings. The second-order valence-electron chi connectivity index (χ2n) is 6.45. The Morgan fingerprint density at radius 1 is 1.00 bits per heavy atom. The quantitative estimate of drug-likeness (QED) is 0.363. The number of benzene rings is 2. The first-order valence-electron chi connectivity index (χ1n) is 9.07. The smallest absolute Gasteiger partial charge is 0.401 e. The van der Waals surface area contributed by atoms with Crippen molar-refractivity contribution in [3.63, 3.8) is 0 Å². The molecule has 0 atom stereocenters. The molecule has 0 aliphatic carbocycles. The Kier molecular flexibility index (Phi) is 5.03. The highest BCUT2D eigenvalue weighted by Crippen LogP contribution is 2.18. The molecule has 0 radical (unpaired) electrons. The maximum absolute atomic E-state index is 13.1. The topological polar surface area (TPSA) is 91.2 Å². The number of nitrogens with zero attached hydrogens (tertiary/aromatic N) is 3. The van der Waals surface area contributed by atoms with Crippen molar-refractivity contribution in [3.05, 3.63) is 104 Å². The summed E-state index contributed by atoms with van der Waals surface area (Å²) in [5.41, 5.74) is 1.58. The Morgan fingerprint density at radius 3 is 2.52 bits per heavy atom. The van der Waals surface area contributed by atoms with Crippen molar-refractivity contribution >= 4 is 28.9 Å². The van der Waals surface area contributed by atoms with E-state index in [1.54, 1.807) is 28.9 Å². The maximum Gasteiger partial charge on any atom is 0.433 e. The minimum atomic E-state index is -0.596. The summed E-state index contributed by atoms with van der Waals surface area (Å²) in [5.74, 6) is 0.440. The summed E-state index contributed by atoms with van der Waals surface area (Å²) in [6.45, 7) is 0.457. The zero-order valence-corrected chi connectivity index (χ0v) is 15.4. The highest BCUT2D eigenvalue weighted by atomic mass is 16.6. The molecule has 7 nitrogen and oxygen atoms in total. The van der Waals surface area contributed by atoms with Crippen LogP contribution in [0.1, 0.15) is 17.1 Å². The number of furan rings is 1. The number of fused-ring (bicyclic) bond motifs is 1. The predicted octanol–water partition coefficient (Wildman–Crippen LogP) is 4.31. The van der Waals surface area contributed by atoms with Crippen LogP contribution >= 0.6 is 0 Å². The van der Waals surface area contributed by atoms with Crippen LogP contribution in [0.5, 0.6) is 0 Å². The minimum Gasteiger partial charge on any atom is -0.401 e. The Labute approximate surface area is 165 Å². The fraction of sp³-hybridized carbons (Fsp3) is 0.0909. The van der Waals surface area contributed by atoms with Crippen molar-refractivity contribution in [2.45, 2.75) is 13.0 Å². The Hall–Kier alpha value is -4.00. The van der Waals surface area contributed by atoms with Crippen LogP contribution in [0.25, 0.3) is 23.1 Å². The number of hydrogen-bond acceptors (Lipinski definition) is 5. The van der Waals surface area contributed by atoms with E-state index in [9.17, 15) is 14.9 Å². The molecule has 0 aliphatic rings. The molecule has 2 aromatic carbocycles. The van der Waals surface area contributed by atoms with E-state index in [4.69, 9.17) is 4.42 Å². The minimum absolute atomic E-state index is 0.128. The van der Waals surface area contributed by atoms with Gasteiger partial charge >= 0.3 is 5.88 Å². The molecule has 144 valence electrons. The summed E-state index contributed by atoms with van der Waals surface area (Å²) in [5, 5.41) is 11.3. The molecule has 7 heteroatoms. The number of hydrogen-bond donors (Lipinski definition) is 0. The van der Waals surface area contributed by atoms with Gasteiger partial charge in [0.15, 0.2) is 0 Å². The lowest BCUT2D eigenvalue weighted by atomic mass is 10.1. The molecule has 0 N–H and O–H groups in total. The van der Waals surface area contributed by atoms with E-state index in [1.807, 2.05) is 42.5 Å². The molecule has 4 aromatic rings. The number of rotatable bonds is 6. The fourth-order valence-electron chi connectivity index (χ4n) is 3.10. The van der Waals surface area contributed by atoms with E-state index < -0.39 is 4.92 Å². The lowest BCUT2D eigenvalue weighted by Crippen LogP contribution is -2.24. The van der Waals surface area contributed by atoms with Crippen molar-refractivity contribution in [3.8, 4) is 0 Å². The average Bonchev–Trinajstić information content (AvgIpc) is 3.22. The van der Waals surface area contributed by atoms with Gasteiger partial charge in [0, 0.05) is 6.54 Å². The molecule has 29 heavy (non-hydrogen) atoms. The summed E-state index contributed by atoms with van der Waals surface area (Å²) in [6.07, 6.45) is 3.89. The normalized spacial score (nSPS) is 11.3. The molecule has 2 aromatic heterocycles. The van der Waals surface area contributed by atoms with Gasteiger partial charge in [-0.1, -0.05) is 42.5 Å². The Balaban J connectivity index is 1.73. The predicted molar refractivity (Wildman–Crippen MR) is 110 cm³/mol. The highest BCUT2D eigenvalue weighted by molar-refractivity contribution is 5.79. The van der Waals surface area contributed by atoms with Crippen LogP contribution in [0.15, 0.2) is 75.9 Å². The molecule has 0 aliphatic heterocycles. The molecule has 0 saturated heterocycles. The Bertz CT molecular complexity index is 1260. The van der Waals surface area contributed by atoms with Gasteiger partial charge in [-0.05, 0) is 42.3 Å². The van der Waals surface area contributed by atoms with Gasteiger partial charge in [-0.25, -0.2) is 4.98 Å².